The van der Waals surface area contributed by atoms with Crippen molar-refractivity contribution in [1.82, 2.24) is 0 Å². The lowest BCUT2D eigenvalue weighted by atomic mass is 10.1. The Hall–Kier alpha value is -3.34. The molecule has 3 aromatic carbocycles. The van der Waals surface area contributed by atoms with Crippen molar-refractivity contribution in [3.05, 3.63) is 89.5 Å². The molecule has 196 valence electrons. The third-order valence-corrected chi connectivity index (χ3v) is 4.75. The highest BCUT2D eigenvalue weighted by Gasteiger charge is 2.40. The highest BCUT2D eigenvalue weighted by molar-refractivity contribution is 5.52. The van der Waals surface area contributed by atoms with Crippen LogP contribution in [0.15, 0.2) is 66.7 Å². The zero-order valence-corrected chi connectivity index (χ0v) is 19.2. The van der Waals surface area contributed by atoms with Crippen LogP contribution in [0, 0.1) is 11.6 Å². The number of para-hydroxylation sites is 1. The van der Waals surface area contributed by atoms with Crippen molar-refractivity contribution in [2.45, 2.75) is 38.8 Å². The van der Waals surface area contributed by atoms with Gasteiger partial charge in [-0.15, -0.1) is 0 Å². The molecular weight excluding hydrogens is 498 g/mol. The minimum absolute atomic E-state index is 0.0181. The smallest absolute Gasteiger partial charge is 0.416 e. The third kappa shape index (κ3) is 7.84. The fraction of sp³-hybridized carbons (Fsp3) is 0.280. The molecule has 0 radical (unpaired) electrons. The van der Waals surface area contributed by atoms with Gasteiger partial charge in [0.25, 0.3) is 0 Å². The van der Waals surface area contributed by atoms with Crippen molar-refractivity contribution < 1.29 is 45.0 Å². The van der Waals surface area contributed by atoms with Crippen LogP contribution in [0.4, 0.5) is 40.8 Å². The number of halogens is 8. The van der Waals surface area contributed by atoms with E-state index < -0.39 is 54.3 Å². The van der Waals surface area contributed by atoms with Crippen LogP contribution in [0.25, 0.3) is 0 Å². The average molecular weight is 521 g/mol. The predicted molar refractivity (Wildman–Crippen MR) is 119 cm³/mol. The van der Waals surface area contributed by atoms with Crippen LogP contribution in [0.2, 0.25) is 0 Å². The summed E-state index contributed by atoms with van der Waals surface area (Å²) in [5.74, 6) is -2.60. The molecule has 0 unspecified atom stereocenters. The monoisotopic (exact) mass is 521 g/mol. The lowest BCUT2D eigenvalue weighted by Gasteiger charge is -2.29. The topological polar surface area (TPSA) is 32.7 Å². The second-order valence-electron chi connectivity index (χ2n) is 7.27. The van der Waals surface area contributed by atoms with Gasteiger partial charge in [0.1, 0.15) is 23.1 Å². The van der Waals surface area contributed by atoms with Crippen molar-refractivity contribution in [2.24, 2.45) is 0 Å². The lowest BCUT2D eigenvalue weighted by Crippen LogP contribution is -2.41. The van der Waals surface area contributed by atoms with Crippen LogP contribution >= 0.6 is 0 Å². The molecular formula is C25H23F8NO2. The fourth-order valence-corrected chi connectivity index (χ4v) is 3.05. The van der Waals surface area contributed by atoms with E-state index in [2.05, 4.69) is 0 Å². The molecule has 3 nitrogen and oxygen atoms in total. The molecule has 0 saturated heterocycles. The van der Waals surface area contributed by atoms with E-state index in [1.807, 2.05) is 13.8 Å². The molecule has 3 aromatic rings. The number of rotatable bonds is 7. The van der Waals surface area contributed by atoms with Gasteiger partial charge in [-0.05, 0) is 36.4 Å². The minimum Gasteiger partial charge on any atom is -0.457 e. The number of hydrogen-bond acceptors (Lipinski definition) is 3. The summed E-state index contributed by atoms with van der Waals surface area (Å²) in [4.78, 5) is 0.796. The van der Waals surface area contributed by atoms with Gasteiger partial charge >= 0.3 is 12.4 Å². The number of aliphatic hydroxyl groups excluding tert-OH is 1. The molecule has 11 heteroatoms. The van der Waals surface area contributed by atoms with E-state index >= 15 is 0 Å². The van der Waals surface area contributed by atoms with E-state index in [4.69, 9.17) is 4.74 Å². The second-order valence-corrected chi connectivity index (χ2v) is 7.27. The first kappa shape index (κ1) is 28.9. The van der Waals surface area contributed by atoms with Crippen molar-refractivity contribution in [1.29, 1.82) is 0 Å². The van der Waals surface area contributed by atoms with Crippen molar-refractivity contribution in [3.63, 3.8) is 0 Å². The first-order valence-electron chi connectivity index (χ1n) is 10.7. The van der Waals surface area contributed by atoms with Crippen LogP contribution in [-0.4, -0.2) is 23.9 Å². The molecule has 0 bridgehead atoms. The molecule has 0 aliphatic carbocycles. The Morgan fingerprint density at radius 1 is 0.806 bits per heavy atom. The Morgan fingerprint density at radius 2 is 1.36 bits per heavy atom. The standard InChI is InChI=1S/C23H17F8NO2.C2H6/c24-19-9-14(22(26,27)28)10-20(25)18(19)12-32(13-21(33)23(29,30)31)15-5-4-8-17(11-15)34-16-6-2-1-3-7-16;1-2/h1-11,21,33H,12-13H2;1-2H3/t21-;/m1./s1. The van der Waals surface area contributed by atoms with Gasteiger partial charge in [0, 0.05) is 23.9 Å². The van der Waals surface area contributed by atoms with Crippen LogP contribution in [0.5, 0.6) is 11.5 Å². The van der Waals surface area contributed by atoms with Gasteiger partial charge in [-0.1, -0.05) is 38.1 Å². The number of nitrogens with zero attached hydrogens (tertiary/aromatic N) is 1. The highest BCUT2D eigenvalue weighted by Crippen LogP contribution is 2.33. The molecule has 0 aromatic heterocycles. The highest BCUT2D eigenvalue weighted by atomic mass is 19.4. The Labute approximate surface area is 202 Å². The molecule has 1 atom stereocenters. The van der Waals surface area contributed by atoms with Gasteiger partial charge in [0.2, 0.25) is 0 Å². The Bertz CT molecular complexity index is 1090. The van der Waals surface area contributed by atoms with Crippen LogP contribution < -0.4 is 9.64 Å². The molecule has 0 amide bonds. The number of aliphatic hydroxyl groups is 1. The number of benzene rings is 3. The van der Waals surface area contributed by atoms with Gasteiger partial charge in [-0.3, -0.25) is 0 Å². The van der Waals surface area contributed by atoms with Crippen LogP contribution in [0.1, 0.15) is 25.0 Å². The summed E-state index contributed by atoms with van der Waals surface area (Å²) >= 11 is 0. The Balaban J connectivity index is 0.00000222. The molecule has 3 rings (SSSR count). The largest absolute Gasteiger partial charge is 0.457 e. The summed E-state index contributed by atoms with van der Waals surface area (Å²) < 4.78 is 112. The van der Waals surface area contributed by atoms with E-state index in [1.165, 1.54) is 24.3 Å². The van der Waals surface area contributed by atoms with Gasteiger partial charge in [0.15, 0.2) is 6.10 Å². The summed E-state index contributed by atoms with van der Waals surface area (Å²) in [6, 6.07) is 13.9. The normalized spacial score (nSPS) is 12.4. The summed E-state index contributed by atoms with van der Waals surface area (Å²) in [6.07, 6.45) is -13.0. The van der Waals surface area contributed by atoms with Crippen LogP contribution in [-0.2, 0) is 12.7 Å². The van der Waals surface area contributed by atoms with E-state index in [0.717, 1.165) is 4.90 Å². The molecule has 0 aliphatic heterocycles. The van der Waals surface area contributed by atoms with E-state index in [0.29, 0.717) is 5.75 Å². The molecule has 0 heterocycles. The lowest BCUT2D eigenvalue weighted by molar-refractivity contribution is -0.200. The van der Waals surface area contributed by atoms with Crippen molar-refractivity contribution >= 4 is 5.69 Å². The van der Waals surface area contributed by atoms with Crippen LogP contribution in [0.3, 0.4) is 0 Å². The third-order valence-electron chi connectivity index (χ3n) is 4.75. The Kier molecular flexibility index (Phi) is 9.69. The molecule has 36 heavy (non-hydrogen) atoms. The predicted octanol–water partition coefficient (Wildman–Crippen LogP) is 7.73. The van der Waals surface area contributed by atoms with Gasteiger partial charge in [0.05, 0.1) is 12.1 Å². The van der Waals surface area contributed by atoms with E-state index in [1.54, 1.807) is 30.3 Å². The number of hydrogen-bond donors (Lipinski definition) is 1. The first-order chi connectivity index (χ1) is 16.8. The maximum atomic E-state index is 14.4. The number of alkyl halides is 6. The SMILES string of the molecule is CC.O[C@H](CN(Cc1c(F)cc(C(F)(F)F)cc1F)c1cccc(Oc2ccccc2)c1)C(F)(F)F. The van der Waals surface area contributed by atoms with Gasteiger partial charge < -0.3 is 14.7 Å². The number of ether oxygens (including phenoxy) is 1. The average Bonchev–Trinajstić information content (AvgIpc) is 2.81. The minimum atomic E-state index is -5.05. The van der Waals surface area contributed by atoms with Crippen molar-refractivity contribution in [2.75, 3.05) is 11.4 Å². The summed E-state index contributed by atoms with van der Waals surface area (Å²) in [7, 11) is 0. The molecule has 0 spiro atoms. The quantitative estimate of drug-likeness (QED) is 0.323. The maximum Gasteiger partial charge on any atom is 0.416 e. The summed E-state index contributed by atoms with van der Waals surface area (Å²) in [5.41, 5.74) is -2.49. The maximum absolute atomic E-state index is 14.4. The molecule has 1 N–H and O–H groups in total. The van der Waals surface area contributed by atoms with Gasteiger partial charge in [-0.2, -0.15) is 26.3 Å². The summed E-state index contributed by atoms with van der Waals surface area (Å²) in [6.45, 7) is 1.97. The first-order valence-corrected chi connectivity index (χ1v) is 10.7. The second kappa shape index (κ2) is 12.1. The molecule has 0 aliphatic rings. The summed E-state index contributed by atoms with van der Waals surface area (Å²) in [5, 5.41) is 9.56. The zero-order valence-electron chi connectivity index (χ0n) is 19.2. The Morgan fingerprint density at radius 3 is 1.89 bits per heavy atom. The van der Waals surface area contributed by atoms with E-state index in [-0.39, 0.29) is 23.6 Å². The van der Waals surface area contributed by atoms with E-state index in [9.17, 15) is 40.2 Å². The molecule has 0 fully saturated rings. The van der Waals surface area contributed by atoms with Crippen molar-refractivity contribution in [3.8, 4) is 11.5 Å². The number of anilines is 1. The van der Waals surface area contributed by atoms with Gasteiger partial charge in [-0.25, -0.2) is 8.78 Å². The molecule has 0 saturated carbocycles. The fourth-order valence-electron chi connectivity index (χ4n) is 3.05. The zero-order chi connectivity index (χ0) is 27.1.